The zero-order valence-corrected chi connectivity index (χ0v) is 12.5. The Balaban J connectivity index is 1.62. The Bertz CT molecular complexity index is 397. The van der Waals surface area contributed by atoms with Crippen molar-refractivity contribution in [3.8, 4) is 0 Å². The van der Waals surface area contributed by atoms with E-state index in [1.165, 1.54) is 19.3 Å². The van der Waals surface area contributed by atoms with Crippen molar-refractivity contribution < 1.29 is 9.59 Å². The molecule has 1 heterocycles. The average Bonchev–Trinajstić information content (AvgIpc) is 3.10. The molecule has 0 bridgehead atoms. The maximum atomic E-state index is 12.7. The molecule has 2 aliphatic carbocycles. The number of amides is 2. The Hall–Kier alpha value is -1.06. The molecule has 2 amide bonds. The van der Waals surface area contributed by atoms with Crippen molar-refractivity contribution in [1.82, 2.24) is 10.2 Å². The Morgan fingerprint density at radius 3 is 2.40 bits per heavy atom. The van der Waals surface area contributed by atoms with Crippen molar-refractivity contribution in [2.24, 2.45) is 11.3 Å². The van der Waals surface area contributed by atoms with E-state index in [4.69, 9.17) is 0 Å². The summed E-state index contributed by atoms with van der Waals surface area (Å²) in [6.07, 6.45) is 8.33. The molecule has 1 N–H and O–H groups in total. The maximum Gasteiger partial charge on any atom is 0.238 e. The summed E-state index contributed by atoms with van der Waals surface area (Å²) in [6, 6.07) is 0.313. The summed E-state index contributed by atoms with van der Waals surface area (Å²) < 4.78 is 0. The summed E-state index contributed by atoms with van der Waals surface area (Å²) in [5, 5.41) is 3.13. The van der Waals surface area contributed by atoms with Crippen LogP contribution in [0.2, 0.25) is 0 Å². The van der Waals surface area contributed by atoms with E-state index in [2.05, 4.69) is 12.2 Å². The second-order valence-corrected chi connectivity index (χ2v) is 7.04. The van der Waals surface area contributed by atoms with E-state index >= 15 is 0 Å². The number of carbonyl (C=O) groups excluding carboxylic acids is 2. The first-order valence-corrected chi connectivity index (χ1v) is 8.22. The van der Waals surface area contributed by atoms with Gasteiger partial charge in [-0.25, -0.2) is 0 Å². The number of nitrogens with zero attached hydrogens (tertiary/aromatic N) is 1. The highest BCUT2D eigenvalue weighted by molar-refractivity contribution is 6.08. The highest BCUT2D eigenvalue weighted by Crippen LogP contribution is 2.48. The van der Waals surface area contributed by atoms with Gasteiger partial charge in [0.2, 0.25) is 11.8 Å². The molecule has 0 aromatic heterocycles. The van der Waals surface area contributed by atoms with Crippen LogP contribution >= 0.6 is 0 Å². The Labute approximate surface area is 121 Å². The summed E-state index contributed by atoms with van der Waals surface area (Å²) in [5.74, 6) is 0.675. The van der Waals surface area contributed by atoms with Gasteiger partial charge in [-0.3, -0.25) is 9.59 Å². The fourth-order valence-electron chi connectivity index (χ4n) is 3.73. The molecular weight excluding hydrogens is 252 g/mol. The first-order chi connectivity index (χ1) is 9.62. The van der Waals surface area contributed by atoms with E-state index in [1.807, 2.05) is 4.90 Å². The van der Waals surface area contributed by atoms with Crippen molar-refractivity contribution >= 4 is 11.8 Å². The maximum absolute atomic E-state index is 12.7. The molecule has 3 fully saturated rings. The number of rotatable bonds is 3. The molecule has 4 heteroatoms. The average molecular weight is 278 g/mol. The third kappa shape index (κ3) is 2.57. The lowest BCUT2D eigenvalue weighted by Crippen LogP contribution is -2.49. The van der Waals surface area contributed by atoms with E-state index in [0.717, 1.165) is 45.2 Å². The lowest BCUT2D eigenvalue weighted by Gasteiger charge is -2.33. The van der Waals surface area contributed by atoms with Gasteiger partial charge in [0, 0.05) is 19.1 Å². The van der Waals surface area contributed by atoms with E-state index in [-0.39, 0.29) is 11.8 Å². The van der Waals surface area contributed by atoms with Gasteiger partial charge in [0.05, 0.1) is 0 Å². The number of likely N-dealkylation sites (tertiary alicyclic amines) is 1. The van der Waals surface area contributed by atoms with Crippen LogP contribution in [0.3, 0.4) is 0 Å². The summed E-state index contributed by atoms with van der Waals surface area (Å²) in [4.78, 5) is 27.1. The predicted molar refractivity (Wildman–Crippen MR) is 77.0 cm³/mol. The molecule has 0 aromatic carbocycles. The second-order valence-electron chi connectivity index (χ2n) is 7.04. The molecule has 3 rings (SSSR count). The van der Waals surface area contributed by atoms with Crippen molar-refractivity contribution in [3.63, 3.8) is 0 Å². The molecule has 2 saturated carbocycles. The molecule has 1 aliphatic heterocycles. The molecule has 20 heavy (non-hydrogen) atoms. The Morgan fingerprint density at radius 2 is 1.80 bits per heavy atom. The first-order valence-electron chi connectivity index (χ1n) is 8.22. The Kier molecular flexibility index (Phi) is 3.74. The van der Waals surface area contributed by atoms with Crippen LogP contribution in [0.5, 0.6) is 0 Å². The van der Waals surface area contributed by atoms with E-state index < -0.39 is 5.41 Å². The molecule has 0 spiro atoms. The molecule has 0 aromatic rings. The topological polar surface area (TPSA) is 49.4 Å². The summed E-state index contributed by atoms with van der Waals surface area (Å²) in [7, 11) is 0. The number of nitrogens with one attached hydrogen (secondary N) is 1. The Morgan fingerprint density at radius 1 is 1.10 bits per heavy atom. The normalized spacial score (nSPS) is 29.2. The minimum Gasteiger partial charge on any atom is -0.352 e. The quantitative estimate of drug-likeness (QED) is 0.804. The summed E-state index contributed by atoms with van der Waals surface area (Å²) in [5.41, 5.74) is -0.695. The number of carbonyl (C=O) groups is 2. The zero-order chi connectivity index (χ0) is 14.2. The van der Waals surface area contributed by atoms with E-state index in [0.29, 0.717) is 12.0 Å². The molecule has 1 unspecified atom stereocenters. The molecule has 112 valence electrons. The third-order valence-electron chi connectivity index (χ3n) is 5.23. The fourth-order valence-corrected chi connectivity index (χ4v) is 3.73. The SMILES string of the molecule is CC1CCCN(C(=O)C2(C(=O)NC3CCCC3)CC2)C1. The van der Waals surface area contributed by atoms with Gasteiger partial charge in [0.25, 0.3) is 0 Å². The first kappa shape index (κ1) is 13.9. The molecule has 1 atom stereocenters. The standard InChI is InChI=1S/C16H26N2O2/c1-12-5-4-10-18(11-12)15(20)16(8-9-16)14(19)17-13-6-2-3-7-13/h12-13H,2-11H2,1H3,(H,17,19). The van der Waals surface area contributed by atoms with Crippen LogP contribution in [0.1, 0.15) is 58.3 Å². The second kappa shape index (κ2) is 5.38. The fraction of sp³-hybridized carbons (Fsp3) is 0.875. The van der Waals surface area contributed by atoms with Crippen LogP contribution in [0.15, 0.2) is 0 Å². The highest BCUT2D eigenvalue weighted by Gasteiger charge is 2.58. The highest BCUT2D eigenvalue weighted by atomic mass is 16.2. The molecule has 1 saturated heterocycles. The van der Waals surface area contributed by atoms with Gasteiger partial charge in [0.1, 0.15) is 5.41 Å². The smallest absolute Gasteiger partial charge is 0.238 e. The van der Waals surface area contributed by atoms with Crippen molar-refractivity contribution in [1.29, 1.82) is 0 Å². The minimum absolute atomic E-state index is 0.00706. The van der Waals surface area contributed by atoms with Crippen molar-refractivity contribution in [2.75, 3.05) is 13.1 Å². The van der Waals surface area contributed by atoms with Crippen LogP contribution in [0, 0.1) is 11.3 Å². The predicted octanol–water partition coefficient (Wildman–Crippen LogP) is 2.08. The van der Waals surface area contributed by atoms with E-state index in [9.17, 15) is 9.59 Å². The number of hydrogen-bond acceptors (Lipinski definition) is 2. The van der Waals surface area contributed by atoms with Gasteiger partial charge in [0.15, 0.2) is 0 Å². The van der Waals surface area contributed by atoms with Crippen LogP contribution < -0.4 is 5.32 Å². The van der Waals surface area contributed by atoms with Crippen molar-refractivity contribution in [3.05, 3.63) is 0 Å². The monoisotopic (exact) mass is 278 g/mol. The lowest BCUT2D eigenvalue weighted by molar-refractivity contribution is -0.145. The largest absolute Gasteiger partial charge is 0.352 e. The van der Waals surface area contributed by atoms with E-state index in [1.54, 1.807) is 0 Å². The molecular formula is C16H26N2O2. The number of hydrogen-bond donors (Lipinski definition) is 1. The van der Waals surface area contributed by atoms with Gasteiger partial charge < -0.3 is 10.2 Å². The third-order valence-corrected chi connectivity index (χ3v) is 5.23. The molecule has 4 nitrogen and oxygen atoms in total. The van der Waals surface area contributed by atoms with Crippen LogP contribution in [0.25, 0.3) is 0 Å². The van der Waals surface area contributed by atoms with Crippen LogP contribution in [-0.4, -0.2) is 35.8 Å². The molecule has 3 aliphatic rings. The van der Waals surface area contributed by atoms with Gasteiger partial charge in [-0.05, 0) is 44.4 Å². The van der Waals surface area contributed by atoms with Gasteiger partial charge >= 0.3 is 0 Å². The molecule has 0 radical (unpaired) electrons. The van der Waals surface area contributed by atoms with Gasteiger partial charge in [-0.15, -0.1) is 0 Å². The lowest BCUT2D eigenvalue weighted by atomic mass is 9.96. The zero-order valence-electron chi connectivity index (χ0n) is 12.5. The summed E-state index contributed by atoms with van der Waals surface area (Å²) >= 11 is 0. The van der Waals surface area contributed by atoms with Crippen molar-refractivity contribution in [2.45, 2.75) is 64.3 Å². The van der Waals surface area contributed by atoms with Gasteiger partial charge in [-0.2, -0.15) is 0 Å². The van der Waals surface area contributed by atoms with Gasteiger partial charge in [-0.1, -0.05) is 19.8 Å². The van der Waals surface area contributed by atoms with Crippen LogP contribution in [0.4, 0.5) is 0 Å². The summed E-state index contributed by atoms with van der Waals surface area (Å²) in [6.45, 7) is 3.86. The minimum atomic E-state index is -0.695. The van der Waals surface area contributed by atoms with Crippen LogP contribution in [-0.2, 0) is 9.59 Å². The number of piperidine rings is 1.